The summed E-state index contributed by atoms with van der Waals surface area (Å²) < 4.78 is 1.61. The molecule has 33 heavy (non-hydrogen) atoms. The number of carbonyl (C=O) groups is 2. The maximum absolute atomic E-state index is 12.6. The first kappa shape index (κ1) is 23.3. The number of anilines is 1. The second kappa shape index (κ2) is 10.4. The summed E-state index contributed by atoms with van der Waals surface area (Å²) in [7, 11) is 0. The summed E-state index contributed by atoms with van der Waals surface area (Å²) >= 11 is 2.03. The monoisotopic (exact) mass is 466 g/mol. The zero-order valence-corrected chi connectivity index (χ0v) is 20.0. The zero-order chi connectivity index (χ0) is 23.4. The van der Waals surface area contributed by atoms with Crippen molar-refractivity contribution in [2.75, 3.05) is 36.5 Å². The number of carbonyl (C=O) groups excluding carboxylic acids is 2. The fourth-order valence-electron chi connectivity index (χ4n) is 4.18. The largest absolute Gasteiger partial charge is 0.365 e. The van der Waals surface area contributed by atoms with Crippen LogP contribution in [0, 0.1) is 13.8 Å². The summed E-state index contributed by atoms with van der Waals surface area (Å²) in [6, 6.07) is 8.12. The third kappa shape index (κ3) is 5.54. The molecule has 0 saturated carbocycles. The SMILES string of the molecule is Cc1nc2c(C(N)=O)cnn2c(C)c1CCC(=O)Nc1ccc(CCN2CCSCC2)cc1. The Morgan fingerprint density at radius 1 is 1.12 bits per heavy atom. The van der Waals surface area contributed by atoms with Gasteiger partial charge in [-0.15, -0.1) is 0 Å². The highest BCUT2D eigenvalue weighted by molar-refractivity contribution is 7.99. The van der Waals surface area contributed by atoms with E-state index in [1.807, 2.05) is 37.7 Å². The first-order chi connectivity index (χ1) is 15.9. The molecule has 0 unspecified atom stereocenters. The van der Waals surface area contributed by atoms with Gasteiger partial charge in [-0.25, -0.2) is 9.50 Å². The maximum Gasteiger partial charge on any atom is 0.254 e. The quantitative estimate of drug-likeness (QED) is 0.529. The number of aryl methyl sites for hydroxylation is 2. The number of nitrogens with one attached hydrogen (secondary N) is 1. The van der Waals surface area contributed by atoms with Crippen molar-refractivity contribution in [3.63, 3.8) is 0 Å². The zero-order valence-electron chi connectivity index (χ0n) is 19.1. The molecule has 0 spiro atoms. The molecule has 4 rings (SSSR count). The molecule has 0 radical (unpaired) electrons. The van der Waals surface area contributed by atoms with Gasteiger partial charge < -0.3 is 16.0 Å². The van der Waals surface area contributed by atoms with Crippen LogP contribution < -0.4 is 11.1 Å². The Hall–Kier alpha value is -2.91. The third-order valence-corrected chi connectivity index (χ3v) is 7.08. The number of thioether (sulfide) groups is 1. The van der Waals surface area contributed by atoms with E-state index in [2.05, 4.69) is 32.4 Å². The predicted octanol–water partition coefficient (Wildman–Crippen LogP) is 2.61. The van der Waals surface area contributed by atoms with Crippen molar-refractivity contribution in [2.24, 2.45) is 5.73 Å². The Morgan fingerprint density at radius 3 is 2.55 bits per heavy atom. The van der Waals surface area contributed by atoms with Crippen LogP contribution in [0.4, 0.5) is 5.69 Å². The van der Waals surface area contributed by atoms with E-state index in [0.717, 1.165) is 35.6 Å². The number of benzene rings is 1. The van der Waals surface area contributed by atoms with E-state index in [9.17, 15) is 9.59 Å². The first-order valence-corrected chi connectivity index (χ1v) is 12.4. The van der Waals surface area contributed by atoms with Crippen molar-refractivity contribution in [1.29, 1.82) is 0 Å². The van der Waals surface area contributed by atoms with Crippen LogP contribution in [0.25, 0.3) is 5.65 Å². The summed E-state index contributed by atoms with van der Waals surface area (Å²) in [4.78, 5) is 31.2. The molecule has 0 atom stereocenters. The normalized spacial score (nSPS) is 14.5. The maximum atomic E-state index is 12.6. The molecule has 1 aliphatic heterocycles. The summed E-state index contributed by atoms with van der Waals surface area (Å²) in [5.74, 6) is 1.85. The van der Waals surface area contributed by atoms with Crippen molar-refractivity contribution in [2.45, 2.75) is 33.1 Å². The lowest BCUT2D eigenvalue weighted by Gasteiger charge is -2.26. The van der Waals surface area contributed by atoms with Crippen LogP contribution in [-0.4, -0.2) is 62.5 Å². The molecule has 2 aromatic heterocycles. The molecule has 1 aliphatic rings. The molecule has 1 fully saturated rings. The summed E-state index contributed by atoms with van der Waals surface area (Å²) in [5.41, 5.74) is 10.8. The minimum atomic E-state index is -0.556. The number of hydrogen-bond acceptors (Lipinski definition) is 6. The van der Waals surface area contributed by atoms with Crippen LogP contribution in [0.5, 0.6) is 0 Å². The number of aromatic nitrogens is 3. The lowest BCUT2D eigenvalue weighted by Crippen LogP contribution is -2.34. The Morgan fingerprint density at radius 2 is 1.85 bits per heavy atom. The number of primary amides is 1. The molecule has 9 heteroatoms. The Kier molecular flexibility index (Phi) is 7.29. The van der Waals surface area contributed by atoms with Gasteiger partial charge in [-0.1, -0.05) is 12.1 Å². The molecule has 2 amide bonds. The Balaban J connectivity index is 1.32. The van der Waals surface area contributed by atoms with Crippen LogP contribution in [-0.2, 0) is 17.6 Å². The summed E-state index contributed by atoms with van der Waals surface area (Å²) in [6.07, 6.45) is 3.32. The van der Waals surface area contributed by atoms with Gasteiger partial charge in [0, 0.05) is 54.6 Å². The summed E-state index contributed by atoms with van der Waals surface area (Å²) in [5, 5.41) is 7.22. The minimum Gasteiger partial charge on any atom is -0.365 e. The fourth-order valence-corrected chi connectivity index (χ4v) is 5.15. The van der Waals surface area contributed by atoms with Crippen molar-refractivity contribution in [1.82, 2.24) is 19.5 Å². The molecule has 174 valence electrons. The number of rotatable bonds is 8. The van der Waals surface area contributed by atoms with Gasteiger partial charge in [0.2, 0.25) is 5.91 Å². The van der Waals surface area contributed by atoms with Crippen LogP contribution in [0.1, 0.15) is 39.3 Å². The summed E-state index contributed by atoms with van der Waals surface area (Å²) in [6.45, 7) is 7.22. The molecular formula is C24H30N6O2S. The lowest BCUT2D eigenvalue weighted by atomic mass is 10.1. The van der Waals surface area contributed by atoms with E-state index in [0.29, 0.717) is 24.1 Å². The molecule has 0 aliphatic carbocycles. The van der Waals surface area contributed by atoms with Gasteiger partial charge in [-0.2, -0.15) is 16.9 Å². The molecule has 3 N–H and O–H groups in total. The molecular weight excluding hydrogens is 436 g/mol. The van der Waals surface area contributed by atoms with Crippen molar-refractivity contribution >= 4 is 34.9 Å². The van der Waals surface area contributed by atoms with Crippen molar-refractivity contribution in [3.05, 3.63) is 58.5 Å². The third-order valence-electron chi connectivity index (χ3n) is 6.13. The highest BCUT2D eigenvalue weighted by Crippen LogP contribution is 2.19. The molecule has 1 aromatic carbocycles. The van der Waals surface area contributed by atoms with E-state index >= 15 is 0 Å². The van der Waals surface area contributed by atoms with E-state index in [4.69, 9.17) is 5.73 Å². The second-order valence-corrected chi connectivity index (χ2v) is 9.59. The topological polar surface area (TPSA) is 106 Å². The van der Waals surface area contributed by atoms with Crippen LogP contribution >= 0.6 is 11.8 Å². The van der Waals surface area contributed by atoms with Crippen molar-refractivity contribution in [3.8, 4) is 0 Å². The highest BCUT2D eigenvalue weighted by atomic mass is 32.2. The van der Waals surface area contributed by atoms with Crippen LogP contribution in [0.3, 0.4) is 0 Å². The number of nitrogens with two attached hydrogens (primary N) is 1. The second-order valence-electron chi connectivity index (χ2n) is 8.37. The predicted molar refractivity (Wildman–Crippen MR) is 132 cm³/mol. The van der Waals surface area contributed by atoms with E-state index in [1.165, 1.54) is 36.4 Å². The van der Waals surface area contributed by atoms with Gasteiger partial charge >= 0.3 is 0 Å². The van der Waals surface area contributed by atoms with E-state index in [1.54, 1.807) is 4.52 Å². The first-order valence-electron chi connectivity index (χ1n) is 11.2. The number of amides is 2. The number of nitrogens with zero attached hydrogens (tertiary/aromatic N) is 4. The Bertz CT molecular complexity index is 1150. The molecule has 3 aromatic rings. The minimum absolute atomic E-state index is 0.0502. The number of hydrogen-bond donors (Lipinski definition) is 2. The van der Waals surface area contributed by atoms with Crippen LogP contribution in [0.2, 0.25) is 0 Å². The molecule has 0 bridgehead atoms. The smallest absolute Gasteiger partial charge is 0.254 e. The fraction of sp³-hybridized carbons (Fsp3) is 0.417. The lowest BCUT2D eigenvalue weighted by molar-refractivity contribution is -0.116. The number of fused-ring (bicyclic) bond motifs is 1. The van der Waals surface area contributed by atoms with E-state index < -0.39 is 5.91 Å². The van der Waals surface area contributed by atoms with Crippen LogP contribution in [0.15, 0.2) is 30.5 Å². The van der Waals surface area contributed by atoms with Gasteiger partial charge in [-0.3, -0.25) is 9.59 Å². The van der Waals surface area contributed by atoms with Gasteiger partial charge in [0.05, 0.1) is 6.20 Å². The van der Waals surface area contributed by atoms with E-state index in [-0.39, 0.29) is 5.91 Å². The Labute approximate surface area is 197 Å². The average molecular weight is 467 g/mol. The van der Waals surface area contributed by atoms with Gasteiger partial charge in [0.15, 0.2) is 5.65 Å². The van der Waals surface area contributed by atoms with Crippen molar-refractivity contribution < 1.29 is 9.59 Å². The average Bonchev–Trinajstić information content (AvgIpc) is 3.23. The molecule has 1 saturated heterocycles. The highest BCUT2D eigenvalue weighted by Gasteiger charge is 2.17. The van der Waals surface area contributed by atoms with Gasteiger partial charge in [0.1, 0.15) is 5.56 Å². The molecule has 8 nitrogen and oxygen atoms in total. The van der Waals surface area contributed by atoms with Gasteiger partial charge in [-0.05, 0) is 49.9 Å². The van der Waals surface area contributed by atoms with Gasteiger partial charge in [0.25, 0.3) is 5.91 Å². The standard InChI is InChI=1S/C24H30N6O2S/c1-16-20(17(2)30-24(27-16)21(15-26-30)23(25)32)7-8-22(31)28-19-5-3-18(4-6-19)9-10-29-11-13-33-14-12-29/h3-6,15H,7-14H2,1-2H3,(H2,25,32)(H,28,31). The molecule has 3 heterocycles.